The average Bonchev–Trinajstić information content (AvgIpc) is 2.84. The van der Waals surface area contributed by atoms with E-state index in [-0.39, 0.29) is 10.6 Å². The maximum absolute atomic E-state index is 12.9. The second kappa shape index (κ2) is 10.9. The number of sulfonamides is 2. The number of amides is 1. The third kappa shape index (κ3) is 6.26. The predicted octanol–water partition coefficient (Wildman–Crippen LogP) is 3.30. The Hall–Kier alpha value is -3.77. The van der Waals surface area contributed by atoms with Crippen molar-refractivity contribution in [3.8, 4) is 11.5 Å². The Labute approximate surface area is 211 Å². The molecule has 3 aromatic carbocycles. The van der Waals surface area contributed by atoms with E-state index in [0.29, 0.717) is 22.9 Å². The van der Waals surface area contributed by atoms with E-state index in [1.54, 1.807) is 42.5 Å². The van der Waals surface area contributed by atoms with Gasteiger partial charge < -0.3 is 14.8 Å². The summed E-state index contributed by atoms with van der Waals surface area (Å²) in [6.07, 6.45) is 1.02. The molecule has 192 valence electrons. The van der Waals surface area contributed by atoms with Crippen LogP contribution in [0.25, 0.3) is 0 Å². The van der Waals surface area contributed by atoms with E-state index in [1.165, 1.54) is 51.5 Å². The van der Waals surface area contributed by atoms with Gasteiger partial charge in [0.1, 0.15) is 17.5 Å². The number of methoxy groups -OCH3 is 2. The third-order valence-corrected chi connectivity index (χ3v) is 7.81. The zero-order valence-electron chi connectivity index (χ0n) is 20.1. The summed E-state index contributed by atoms with van der Waals surface area (Å²) in [6.45, 7) is 1.47. The average molecular weight is 534 g/mol. The minimum Gasteiger partial charge on any atom is -0.497 e. The molecule has 3 rings (SSSR count). The van der Waals surface area contributed by atoms with Crippen molar-refractivity contribution in [3.05, 3.63) is 72.8 Å². The van der Waals surface area contributed by atoms with Gasteiger partial charge in [-0.2, -0.15) is 0 Å². The van der Waals surface area contributed by atoms with Crippen molar-refractivity contribution in [1.29, 1.82) is 0 Å². The normalized spacial score (nSPS) is 12.3. The standard InChI is InChI=1S/C24H27N3O7S2/c1-17(27(35(4,29)30)19-8-6-5-7-9-19)24(28)25-18-10-13-21(14-11-18)36(31,32)26-22-16-20(33-2)12-15-23(22)34-3/h5-17,26H,1-4H3,(H,25,28)/t17-/m1/s1. The molecule has 0 saturated heterocycles. The van der Waals surface area contributed by atoms with Crippen molar-refractivity contribution < 1.29 is 31.1 Å². The molecule has 0 spiro atoms. The number of carbonyl (C=O) groups excluding carboxylic acids is 1. The number of benzene rings is 3. The quantitative estimate of drug-likeness (QED) is 0.409. The Morgan fingerprint density at radius 1 is 0.889 bits per heavy atom. The van der Waals surface area contributed by atoms with Gasteiger partial charge >= 0.3 is 0 Å². The highest BCUT2D eigenvalue weighted by molar-refractivity contribution is 7.92. The summed E-state index contributed by atoms with van der Waals surface area (Å²) in [7, 11) is -4.86. The fraction of sp³-hybridized carbons (Fsp3) is 0.208. The summed E-state index contributed by atoms with van der Waals surface area (Å²) in [6, 6.07) is 17.4. The van der Waals surface area contributed by atoms with E-state index in [2.05, 4.69) is 10.0 Å². The van der Waals surface area contributed by atoms with Gasteiger partial charge in [0.2, 0.25) is 15.9 Å². The Morgan fingerprint density at radius 2 is 1.53 bits per heavy atom. The van der Waals surface area contributed by atoms with Crippen LogP contribution in [0.5, 0.6) is 11.5 Å². The highest BCUT2D eigenvalue weighted by Gasteiger charge is 2.29. The van der Waals surface area contributed by atoms with Crippen LogP contribution in [0.4, 0.5) is 17.1 Å². The molecule has 0 aliphatic rings. The van der Waals surface area contributed by atoms with E-state index in [4.69, 9.17) is 9.47 Å². The Kier molecular flexibility index (Phi) is 8.10. The minimum absolute atomic E-state index is 0.0551. The molecule has 0 radical (unpaired) electrons. The molecular formula is C24H27N3O7S2. The molecule has 0 aliphatic carbocycles. The van der Waals surface area contributed by atoms with Crippen molar-refractivity contribution in [2.45, 2.75) is 17.9 Å². The van der Waals surface area contributed by atoms with Crippen LogP contribution in [0.3, 0.4) is 0 Å². The first-order chi connectivity index (χ1) is 17.0. The Bertz CT molecular complexity index is 1430. The van der Waals surface area contributed by atoms with Gasteiger partial charge in [-0.3, -0.25) is 13.8 Å². The van der Waals surface area contributed by atoms with Crippen molar-refractivity contribution in [3.63, 3.8) is 0 Å². The van der Waals surface area contributed by atoms with Crippen LogP contribution in [-0.4, -0.2) is 49.3 Å². The Balaban J connectivity index is 1.78. The van der Waals surface area contributed by atoms with Crippen LogP contribution in [0.2, 0.25) is 0 Å². The molecule has 12 heteroatoms. The van der Waals surface area contributed by atoms with Crippen LogP contribution in [-0.2, 0) is 24.8 Å². The molecule has 3 aromatic rings. The molecule has 0 aliphatic heterocycles. The van der Waals surface area contributed by atoms with Gasteiger partial charge in [-0.1, -0.05) is 18.2 Å². The molecule has 2 N–H and O–H groups in total. The van der Waals surface area contributed by atoms with Gasteiger partial charge in [0, 0.05) is 11.8 Å². The molecule has 36 heavy (non-hydrogen) atoms. The van der Waals surface area contributed by atoms with Crippen molar-refractivity contribution in [2.75, 3.05) is 34.8 Å². The van der Waals surface area contributed by atoms with E-state index < -0.39 is 32.0 Å². The van der Waals surface area contributed by atoms with E-state index in [9.17, 15) is 21.6 Å². The van der Waals surface area contributed by atoms with Crippen LogP contribution in [0.1, 0.15) is 6.92 Å². The van der Waals surface area contributed by atoms with E-state index >= 15 is 0 Å². The number of ether oxygens (including phenoxy) is 2. The first kappa shape index (κ1) is 26.8. The molecule has 0 bridgehead atoms. The number of hydrogen-bond acceptors (Lipinski definition) is 7. The second-order valence-electron chi connectivity index (χ2n) is 7.76. The van der Waals surface area contributed by atoms with E-state index in [1.807, 2.05) is 0 Å². The van der Waals surface area contributed by atoms with Crippen LogP contribution in [0, 0.1) is 0 Å². The molecule has 1 amide bonds. The largest absolute Gasteiger partial charge is 0.497 e. The highest BCUT2D eigenvalue weighted by atomic mass is 32.2. The number of para-hydroxylation sites is 1. The summed E-state index contributed by atoms with van der Waals surface area (Å²) in [5, 5.41) is 2.63. The van der Waals surface area contributed by atoms with Crippen molar-refractivity contribution >= 4 is 43.0 Å². The first-order valence-electron chi connectivity index (χ1n) is 10.7. The number of anilines is 3. The minimum atomic E-state index is -3.99. The summed E-state index contributed by atoms with van der Waals surface area (Å²) >= 11 is 0. The SMILES string of the molecule is COc1ccc(OC)c(NS(=O)(=O)c2ccc(NC(=O)[C@@H](C)N(c3ccccc3)S(C)(=O)=O)cc2)c1. The highest BCUT2D eigenvalue weighted by Crippen LogP contribution is 2.31. The van der Waals surface area contributed by atoms with Crippen LogP contribution < -0.4 is 23.8 Å². The fourth-order valence-corrected chi connectivity index (χ4v) is 5.68. The van der Waals surface area contributed by atoms with Crippen LogP contribution in [0.15, 0.2) is 77.7 Å². The molecule has 0 saturated carbocycles. The number of carbonyl (C=O) groups is 1. The zero-order valence-corrected chi connectivity index (χ0v) is 21.8. The fourth-order valence-electron chi connectivity index (χ4n) is 3.45. The molecule has 10 nitrogen and oxygen atoms in total. The molecule has 0 aromatic heterocycles. The van der Waals surface area contributed by atoms with Crippen molar-refractivity contribution in [1.82, 2.24) is 0 Å². The lowest BCUT2D eigenvalue weighted by Crippen LogP contribution is -2.45. The maximum atomic E-state index is 12.9. The number of nitrogens with one attached hydrogen (secondary N) is 2. The number of hydrogen-bond donors (Lipinski definition) is 2. The maximum Gasteiger partial charge on any atom is 0.262 e. The third-order valence-electron chi connectivity index (χ3n) is 5.18. The van der Waals surface area contributed by atoms with Gasteiger partial charge in [0.05, 0.1) is 36.7 Å². The predicted molar refractivity (Wildman–Crippen MR) is 139 cm³/mol. The number of nitrogens with zero attached hydrogens (tertiary/aromatic N) is 1. The van der Waals surface area contributed by atoms with Gasteiger partial charge in [0.15, 0.2) is 0 Å². The lowest BCUT2D eigenvalue weighted by Gasteiger charge is -2.28. The first-order valence-corrected chi connectivity index (χ1v) is 14.0. The van der Waals surface area contributed by atoms with Gasteiger partial charge in [0.25, 0.3) is 10.0 Å². The smallest absolute Gasteiger partial charge is 0.262 e. The van der Waals surface area contributed by atoms with Crippen molar-refractivity contribution in [2.24, 2.45) is 0 Å². The lowest BCUT2D eigenvalue weighted by atomic mass is 10.2. The Morgan fingerprint density at radius 3 is 2.08 bits per heavy atom. The lowest BCUT2D eigenvalue weighted by molar-refractivity contribution is -0.116. The molecule has 1 atom stereocenters. The van der Waals surface area contributed by atoms with Gasteiger partial charge in [-0.25, -0.2) is 16.8 Å². The summed E-state index contributed by atoms with van der Waals surface area (Å²) in [4.78, 5) is 12.8. The second-order valence-corrected chi connectivity index (χ2v) is 11.3. The summed E-state index contributed by atoms with van der Waals surface area (Å²) in [5.74, 6) is 0.171. The van der Waals surface area contributed by atoms with E-state index in [0.717, 1.165) is 10.6 Å². The topological polar surface area (TPSA) is 131 Å². The molecule has 0 fully saturated rings. The van der Waals surface area contributed by atoms with Gasteiger partial charge in [-0.15, -0.1) is 0 Å². The molecule has 0 unspecified atom stereocenters. The van der Waals surface area contributed by atoms with Gasteiger partial charge in [-0.05, 0) is 55.5 Å². The monoisotopic (exact) mass is 533 g/mol. The summed E-state index contributed by atoms with van der Waals surface area (Å²) < 4.78 is 64.4. The molecule has 0 heterocycles. The van der Waals surface area contributed by atoms with Crippen LogP contribution >= 0.6 is 0 Å². The molecular weight excluding hydrogens is 506 g/mol. The summed E-state index contributed by atoms with van der Waals surface area (Å²) in [5.41, 5.74) is 0.847. The zero-order chi connectivity index (χ0) is 26.5. The number of rotatable bonds is 10.